The summed E-state index contributed by atoms with van der Waals surface area (Å²) in [6.45, 7) is 0.362. The first-order valence-electron chi connectivity index (χ1n) is 4.68. The molecule has 1 aromatic heterocycles. The number of rotatable bonds is 3. The number of aromatic nitrogens is 2. The lowest BCUT2D eigenvalue weighted by Crippen LogP contribution is -2.08. The van der Waals surface area contributed by atoms with Crippen molar-refractivity contribution in [3.63, 3.8) is 0 Å². The maximum absolute atomic E-state index is 13.6. The normalized spacial score (nSPS) is 10.7. The minimum atomic E-state index is -0.369. The van der Waals surface area contributed by atoms with E-state index in [0.29, 0.717) is 27.9 Å². The summed E-state index contributed by atoms with van der Waals surface area (Å²) in [5.74, 6) is 0.00878. The number of hydrogen-bond donors (Lipinski definition) is 2. The van der Waals surface area contributed by atoms with Crippen molar-refractivity contribution in [3.05, 3.63) is 28.6 Å². The van der Waals surface area contributed by atoms with Crippen LogP contribution in [0.1, 0.15) is 0 Å². The molecule has 0 aliphatic rings. The first kappa shape index (κ1) is 11.2. The van der Waals surface area contributed by atoms with Gasteiger partial charge in [-0.05, 0) is 28.1 Å². The van der Waals surface area contributed by atoms with E-state index in [-0.39, 0.29) is 12.4 Å². The molecule has 0 unspecified atom stereocenters. The highest BCUT2D eigenvalue weighted by molar-refractivity contribution is 9.10. The molecule has 0 fully saturated rings. The third kappa shape index (κ3) is 2.12. The Morgan fingerprint density at radius 3 is 3.00 bits per heavy atom. The number of hydrogen-bond acceptors (Lipinski definition) is 4. The molecule has 0 aliphatic carbocycles. The first-order valence-corrected chi connectivity index (χ1v) is 5.47. The van der Waals surface area contributed by atoms with Crippen LogP contribution in [0.25, 0.3) is 10.9 Å². The molecule has 0 radical (unpaired) electrons. The summed E-state index contributed by atoms with van der Waals surface area (Å²) in [6, 6.07) is 3.30. The lowest BCUT2D eigenvalue weighted by atomic mass is 10.2. The number of fused-ring (bicyclic) bond motifs is 1. The Kier molecular flexibility index (Phi) is 3.31. The number of aliphatic hydroxyl groups is 1. The largest absolute Gasteiger partial charge is 0.395 e. The van der Waals surface area contributed by atoms with Crippen molar-refractivity contribution in [2.75, 3.05) is 18.5 Å². The van der Waals surface area contributed by atoms with Gasteiger partial charge in [-0.25, -0.2) is 14.4 Å². The predicted octanol–water partition coefficient (Wildman–Crippen LogP) is 1.94. The van der Waals surface area contributed by atoms with Gasteiger partial charge in [-0.3, -0.25) is 0 Å². The van der Waals surface area contributed by atoms with E-state index in [0.717, 1.165) is 0 Å². The van der Waals surface area contributed by atoms with Crippen LogP contribution in [0.2, 0.25) is 0 Å². The van der Waals surface area contributed by atoms with Crippen molar-refractivity contribution >= 4 is 32.8 Å². The van der Waals surface area contributed by atoms with Gasteiger partial charge in [-0.2, -0.15) is 0 Å². The fourth-order valence-electron chi connectivity index (χ4n) is 1.30. The average Bonchev–Trinajstić information content (AvgIpc) is 2.31. The van der Waals surface area contributed by atoms with Crippen LogP contribution >= 0.6 is 15.9 Å². The lowest BCUT2D eigenvalue weighted by molar-refractivity contribution is 0.311. The van der Waals surface area contributed by atoms with E-state index in [2.05, 4.69) is 31.2 Å². The second-order valence-corrected chi connectivity index (χ2v) is 3.99. The molecule has 4 nitrogen and oxygen atoms in total. The molecular formula is C10H9BrFN3O. The van der Waals surface area contributed by atoms with E-state index >= 15 is 0 Å². The monoisotopic (exact) mass is 285 g/mol. The molecule has 84 valence electrons. The predicted molar refractivity (Wildman–Crippen MR) is 62.8 cm³/mol. The lowest BCUT2D eigenvalue weighted by Gasteiger charge is -2.04. The van der Waals surface area contributed by atoms with Gasteiger partial charge in [0.15, 0.2) is 0 Å². The van der Waals surface area contributed by atoms with Crippen LogP contribution in [-0.2, 0) is 0 Å². The van der Waals surface area contributed by atoms with Crippen LogP contribution in [0.15, 0.2) is 22.8 Å². The van der Waals surface area contributed by atoms with Crippen LogP contribution in [0.4, 0.5) is 10.3 Å². The molecular weight excluding hydrogens is 277 g/mol. The number of nitrogens with zero attached hydrogens (tertiary/aromatic N) is 2. The highest BCUT2D eigenvalue weighted by Gasteiger charge is 2.07. The Morgan fingerprint density at radius 2 is 2.25 bits per heavy atom. The van der Waals surface area contributed by atoms with Gasteiger partial charge in [0.05, 0.1) is 22.0 Å². The van der Waals surface area contributed by atoms with Crippen molar-refractivity contribution in [3.8, 4) is 0 Å². The molecule has 1 aromatic carbocycles. The zero-order valence-corrected chi connectivity index (χ0v) is 9.83. The van der Waals surface area contributed by atoms with Crippen molar-refractivity contribution < 1.29 is 9.50 Å². The van der Waals surface area contributed by atoms with Crippen LogP contribution in [0.5, 0.6) is 0 Å². The van der Waals surface area contributed by atoms with Crippen molar-refractivity contribution in [1.82, 2.24) is 9.97 Å². The Morgan fingerprint density at radius 1 is 1.44 bits per heavy atom. The number of benzene rings is 1. The molecule has 2 rings (SSSR count). The maximum atomic E-state index is 13.6. The number of halogens is 2. The highest BCUT2D eigenvalue weighted by Crippen LogP contribution is 2.23. The van der Waals surface area contributed by atoms with Crippen molar-refractivity contribution in [2.24, 2.45) is 0 Å². The second-order valence-electron chi connectivity index (χ2n) is 3.14. The van der Waals surface area contributed by atoms with Crippen LogP contribution in [-0.4, -0.2) is 28.2 Å². The molecule has 6 heteroatoms. The summed E-state index contributed by atoms with van der Waals surface area (Å²) in [6.07, 6.45) is 1.42. The van der Waals surface area contributed by atoms with E-state index in [1.54, 1.807) is 12.1 Å². The zero-order chi connectivity index (χ0) is 11.5. The highest BCUT2D eigenvalue weighted by atomic mass is 79.9. The van der Waals surface area contributed by atoms with Crippen molar-refractivity contribution in [1.29, 1.82) is 0 Å². The Hall–Kier alpha value is -1.27. The average molecular weight is 286 g/mol. The number of anilines is 1. The van der Waals surface area contributed by atoms with E-state index in [4.69, 9.17) is 5.11 Å². The third-order valence-corrected chi connectivity index (χ3v) is 2.66. The first-order chi connectivity index (χ1) is 7.72. The Labute approximate surface area is 99.7 Å². The van der Waals surface area contributed by atoms with Crippen LogP contribution in [0, 0.1) is 5.82 Å². The molecule has 0 atom stereocenters. The van der Waals surface area contributed by atoms with Gasteiger partial charge < -0.3 is 10.4 Å². The Bertz CT molecular complexity index is 521. The van der Waals surface area contributed by atoms with Gasteiger partial charge >= 0.3 is 0 Å². The molecule has 0 aliphatic heterocycles. The van der Waals surface area contributed by atoms with Gasteiger partial charge in [0, 0.05) is 12.7 Å². The topological polar surface area (TPSA) is 58.0 Å². The molecule has 0 spiro atoms. The zero-order valence-electron chi connectivity index (χ0n) is 8.24. The summed E-state index contributed by atoms with van der Waals surface area (Å²) >= 11 is 3.10. The van der Waals surface area contributed by atoms with E-state index in [1.807, 2.05) is 0 Å². The van der Waals surface area contributed by atoms with E-state index in [1.165, 1.54) is 6.20 Å². The molecule has 0 bridgehead atoms. The molecule has 2 aromatic rings. The standard InChI is InChI=1S/C10H9BrFN3O/c11-7-1-2-8-6(9(7)12)5-14-10(15-8)13-3-4-16/h1-2,5,16H,3-4H2,(H,13,14,15). The molecule has 0 saturated carbocycles. The van der Waals surface area contributed by atoms with E-state index < -0.39 is 0 Å². The minimum absolute atomic E-state index is 0.00387. The summed E-state index contributed by atoms with van der Waals surface area (Å²) in [4.78, 5) is 8.07. The van der Waals surface area contributed by atoms with Gasteiger partial charge in [0.25, 0.3) is 0 Å². The number of aliphatic hydroxyl groups excluding tert-OH is 1. The third-order valence-electron chi connectivity index (χ3n) is 2.05. The molecule has 0 amide bonds. The van der Waals surface area contributed by atoms with Crippen molar-refractivity contribution in [2.45, 2.75) is 0 Å². The summed E-state index contributed by atoms with van der Waals surface area (Å²) in [5.41, 5.74) is 0.524. The summed E-state index contributed by atoms with van der Waals surface area (Å²) in [5, 5.41) is 11.8. The molecule has 2 N–H and O–H groups in total. The second kappa shape index (κ2) is 4.71. The fraction of sp³-hybridized carbons (Fsp3) is 0.200. The van der Waals surface area contributed by atoms with E-state index in [9.17, 15) is 4.39 Å². The SMILES string of the molecule is OCCNc1ncc2c(F)c(Br)ccc2n1. The Balaban J connectivity index is 2.44. The molecule has 1 heterocycles. The summed E-state index contributed by atoms with van der Waals surface area (Å²) in [7, 11) is 0. The molecule has 0 saturated heterocycles. The summed E-state index contributed by atoms with van der Waals surface area (Å²) < 4.78 is 14.0. The van der Waals surface area contributed by atoms with Crippen LogP contribution < -0.4 is 5.32 Å². The number of nitrogens with one attached hydrogen (secondary N) is 1. The van der Waals surface area contributed by atoms with Gasteiger partial charge in [-0.15, -0.1) is 0 Å². The minimum Gasteiger partial charge on any atom is -0.395 e. The van der Waals surface area contributed by atoms with Gasteiger partial charge in [-0.1, -0.05) is 0 Å². The molecule has 16 heavy (non-hydrogen) atoms. The quantitative estimate of drug-likeness (QED) is 0.905. The van der Waals surface area contributed by atoms with Gasteiger partial charge in [0.1, 0.15) is 5.82 Å². The smallest absolute Gasteiger partial charge is 0.223 e. The fourth-order valence-corrected chi connectivity index (χ4v) is 1.64. The van der Waals surface area contributed by atoms with Crippen LogP contribution in [0.3, 0.4) is 0 Å². The van der Waals surface area contributed by atoms with Gasteiger partial charge in [0.2, 0.25) is 5.95 Å². The maximum Gasteiger partial charge on any atom is 0.223 e.